The van der Waals surface area contributed by atoms with Crippen LogP contribution >= 0.6 is 11.6 Å². The van der Waals surface area contributed by atoms with E-state index < -0.39 is 17.8 Å². The number of carbonyl (C=O) groups is 1. The molecule has 1 aliphatic rings. The van der Waals surface area contributed by atoms with Gasteiger partial charge in [-0.3, -0.25) is 9.59 Å². The molecule has 0 N–H and O–H groups in total. The first-order valence-corrected chi connectivity index (χ1v) is 7.64. The Morgan fingerprint density at radius 1 is 1.17 bits per heavy atom. The van der Waals surface area contributed by atoms with E-state index in [4.69, 9.17) is 16.0 Å². The molecule has 2 heterocycles. The van der Waals surface area contributed by atoms with Crippen LogP contribution < -0.4 is 5.43 Å². The summed E-state index contributed by atoms with van der Waals surface area (Å²) >= 11 is 5.97. The Labute approximate surface area is 141 Å². The van der Waals surface area contributed by atoms with Crippen molar-refractivity contribution in [2.45, 2.75) is 6.04 Å². The zero-order chi connectivity index (χ0) is 17.0. The molecule has 1 aromatic heterocycles. The molecule has 1 unspecified atom stereocenters. The van der Waals surface area contributed by atoms with Gasteiger partial charge in [0.15, 0.2) is 5.43 Å². The van der Waals surface area contributed by atoms with E-state index in [9.17, 15) is 14.0 Å². The summed E-state index contributed by atoms with van der Waals surface area (Å²) in [7, 11) is 1.56. The lowest BCUT2D eigenvalue weighted by molar-refractivity contribution is 0.0771. The highest BCUT2D eigenvalue weighted by Gasteiger charge is 2.40. The molecule has 2 aromatic carbocycles. The maximum absolute atomic E-state index is 13.6. The molecule has 0 saturated carbocycles. The van der Waals surface area contributed by atoms with Gasteiger partial charge in [0.2, 0.25) is 5.76 Å². The first-order chi connectivity index (χ1) is 11.5. The molecular weight excluding hydrogens is 333 g/mol. The molecule has 1 atom stereocenters. The van der Waals surface area contributed by atoms with Crippen LogP contribution in [0.25, 0.3) is 11.0 Å². The van der Waals surface area contributed by atoms with Crippen LogP contribution in [0, 0.1) is 5.82 Å². The summed E-state index contributed by atoms with van der Waals surface area (Å²) in [5.41, 5.74) is 0.687. The Bertz CT molecular complexity index is 1060. The summed E-state index contributed by atoms with van der Waals surface area (Å²) in [4.78, 5) is 26.8. The SMILES string of the molecule is CN1C(=O)c2oc3ccc(Cl)cc3c(=O)c2C1c1cccc(F)c1. The van der Waals surface area contributed by atoms with Crippen LogP contribution in [0.3, 0.4) is 0 Å². The number of halogens is 2. The first kappa shape index (κ1) is 14.9. The predicted octanol–water partition coefficient (Wildman–Crippen LogP) is 3.76. The molecule has 3 aromatic rings. The lowest BCUT2D eigenvalue weighted by Crippen LogP contribution is -2.25. The van der Waals surface area contributed by atoms with Crippen molar-refractivity contribution in [3.05, 3.63) is 80.4 Å². The summed E-state index contributed by atoms with van der Waals surface area (Å²) in [6.45, 7) is 0. The second-order valence-electron chi connectivity index (χ2n) is 5.69. The van der Waals surface area contributed by atoms with Crippen LogP contribution in [-0.4, -0.2) is 17.9 Å². The van der Waals surface area contributed by atoms with Gasteiger partial charge in [0.1, 0.15) is 11.4 Å². The molecular formula is C18H11ClFNO3. The summed E-state index contributed by atoms with van der Waals surface area (Å²) in [6.07, 6.45) is 0. The van der Waals surface area contributed by atoms with Crippen molar-refractivity contribution in [1.29, 1.82) is 0 Å². The smallest absolute Gasteiger partial charge is 0.290 e. The van der Waals surface area contributed by atoms with E-state index in [1.807, 2.05) is 0 Å². The van der Waals surface area contributed by atoms with Crippen molar-refractivity contribution in [1.82, 2.24) is 4.90 Å². The average molecular weight is 344 g/mol. The molecule has 0 aliphatic carbocycles. The van der Waals surface area contributed by atoms with Crippen molar-refractivity contribution < 1.29 is 13.6 Å². The van der Waals surface area contributed by atoms with E-state index >= 15 is 0 Å². The van der Waals surface area contributed by atoms with E-state index in [2.05, 4.69) is 0 Å². The Morgan fingerprint density at radius 2 is 1.96 bits per heavy atom. The van der Waals surface area contributed by atoms with E-state index in [-0.39, 0.29) is 16.8 Å². The third kappa shape index (κ3) is 2.05. The Hall–Kier alpha value is -2.66. The minimum atomic E-state index is -0.692. The third-order valence-corrected chi connectivity index (χ3v) is 4.46. The van der Waals surface area contributed by atoms with Crippen molar-refractivity contribution in [2.75, 3.05) is 7.05 Å². The summed E-state index contributed by atoms with van der Waals surface area (Å²) in [6, 6.07) is 9.80. The molecule has 1 amide bonds. The molecule has 1 aliphatic heterocycles. The minimum Gasteiger partial charge on any atom is -0.450 e. The fraction of sp³-hybridized carbons (Fsp3) is 0.111. The van der Waals surface area contributed by atoms with E-state index in [1.54, 1.807) is 31.3 Å². The molecule has 4 rings (SSSR count). The Kier molecular flexibility index (Phi) is 3.21. The second-order valence-corrected chi connectivity index (χ2v) is 6.12. The molecule has 0 radical (unpaired) electrons. The zero-order valence-electron chi connectivity index (χ0n) is 12.5. The molecule has 24 heavy (non-hydrogen) atoms. The van der Waals surface area contributed by atoms with Gasteiger partial charge in [-0.2, -0.15) is 0 Å². The van der Waals surface area contributed by atoms with E-state index in [0.717, 1.165) is 0 Å². The Balaban J connectivity index is 2.05. The predicted molar refractivity (Wildman–Crippen MR) is 87.8 cm³/mol. The van der Waals surface area contributed by atoms with Crippen LogP contribution in [0.4, 0.5) is 4.39 Å². The fourth-order valence-electron chi connectivity index (χ4n) is 3.13. The second kappa shape index (κ2) is 5.18. The lowest BCUT2D eigenvalue weighted by atomic mass is 9.99. The number of rotatable bonds is 1. The normalized spacial score (nSPS) is 16.7. The largest absolute Gasteiger partial charge is 0.450 e. The van der Waals surface area contributed by atoms with Gasteiger partial charge in [-0.15, -0.1) is 0 Å². The highest BCUT2D eigenvalue weighted by atomic mass is 35.5. The van der Waals surface area contributed by atoms with Gasteiger partial charge in [-0.1, -0.05) is 23.7 Å². The monoisotopic (exact) mass is 343 g/mol. The fourth-order valence-corrected chi connectivity index (χ4v) is 3.30. The van der Waals surface area contributed by atoms with Gasteiger partial charge in [0.25, 0.3) is 5.91 Å². The maximum Gasteiger partial charge on any atom is 0.290 e. The average Bonchev–Trinajstić information content (AvgIpc) is 2.81. The molecule has 0 spiro atoms. The maximum atomic E-state index is 13.6. The number of hydrogen-bond donors (Lipinski definition) is 0. The minimum absolute atomic E-state index is 0.00779. The van der Waals surface area contributed by atoms with Gasteiger partial charge in [0, 0.05) is 12.1 Å². The van der Waals surface area contributed by atoms with Crippen molar-refractivity contribution in [3.63, 3.8) is 0 Å². The summed E-state index contributed by atoms with van der Waals surface area (Å²) < 4.78 is 19.3. The van der Waals surface area contributed by atoms with Crippen LogP contribution in [0.1, 0.15) is 27.7 Å². The topological polar surface area (TPSA) is 50.5 Å². The van der Waals surface area contributed by atoms with Crippen molar-refractivity contribution in [3.8, 4) is 0 Å². The van der Waals surface area contributed by atoms with Crippen LogP contribution in [0.2, 0.25) is 5.02 Å². The third-order valence-electron chi connectivity index (χ3n) is 4.23. The number of nitrogens with zero attached hydrogens (tertiary/aromatic N) is 1. The molecule has 0 bridgehead atoms. The molecule has 0 saturated heterocycles. The molecule has 120 valence electrons. The van der Waals surface area contributed by atoms with Crippen molar-refractivity contribution in [2.24, 2.45) is 0 Å². The quantitative estimate of drug-likeness (QED) is 0.676. The van der Waals surface area contributed by atoms with E-state index in [0.29, 0.717) is 21.6 Å². The van der Waals surface area contributed by atoms with Gasteiger partial charge in [-0.25, -0.2) is 4.39 Å². The number of carbonyl (C=O) groups excluding carboxylic acids is 1. The highest BCUT2D eigenvalue weighted by molar-refractivity contribution is 6.31. The van der Waals surface area contributed by atoms with Gasteiger partial charge in [-0.05, 0) is 35.9 Å². The number of fused-ring (bicyclic) bond motifs is 2. The van der Waals surface area contributed by atoms with Crippen LogP contribution in [-0.2, 0) is 0 Å². The Morgan fingerprint density at radius 3 is 2.71 bits per heavy atom. The number of amides is 1. The molecule has 6 heteroatoms. The first-order valence-electron chi connectivity index (χ1n) is 7.26. The summed E-state index contributed by atoms with van der Waals surface area (Å²) in [5.74, 6) is -0.852. The molecule has 0 fully saturated rings. The van der Waals surface area contributed by atoms with E-state index in [1.165, 1.54) is 23.1 Å². The number of hydrogen-bond acceptors (Lipinski definition) is 3. The number of benzene rings is 2. The lowest BCUT2D eigenvalue weighted by Gasteiger charge is -2.20. The van der Waals surface area contributed by atoms with Gasteiger partial charge < -0.3 is 9.32 Å². The van der Waals surface area contributed by atoms with Gasteiger partial charge in [0.05, 0.1) is 17.0 Å². The standard InChI is InChI=1S/C18H11ClFNO3/c1-21-15(9-3-2-4-11(20)7-9)14-16(22)12-8-10(19)5-6-13(12)24-17(14)18(21)23/h2-8,15H,1H3. The summed E-state index contributed by atoms with van der Waals surface area (Å²) in [5, 5.41) is 0.695. The van der Waals surface area contributed by atoms with Crippen molar-refractivity contribution >= 4 is 28.5 Å². The van der Waals surface area contributed by atoms with Gasteiger partial charge >= 0.3 is 0 Å². The molecule has 4 nitrogen and oxygen atoms in total. The van der Waals surface area contributed by atoms with Crippen LogP contribution in [0.15, 0.2) is 51.7 Å². The van der Waals surface area contributed by atoms with Crippen LogP contribution in [0.5, 0.6) is 0 Å². The zero-order valence-corrected chi connectivity index (χ0v) is 13.3. The highest BCUT2D eigenvalue weighted by Crippen LogP contribution is 2.37.